The molecule has 1 aromatic heterocycles. The van der Waals surface area contributed by atoms with E-state index >= 15 is 0 Å². The van der Waals surface area contributed by atoms with Gasteiger partial charge in [-0.25, -0.2) is 9.86 Å². The van der Waals surface area contributed by atoms with Crippen molar-refractivity contribution in [3.05, 3.63) is 71.1 Å². The zero-order valence-electron chi connectivity index (χ0n) is 14.1. The molecule has 0 fully saturated rings. The van der Waals surface area contributed by atoms with Gasteiger partial charge in [-0.2, -0.15) is 5.10 Å². The zero-order chi connectivity index (χ0) is 18.1. The molecule has 1 aliphatic rings. The Bertz CT molecular complexity index is 1050. The van der Waals surface area contributed by atoms with E-state index < -0.39 is 5.97 Å². The zero-order valence-corrected chi connectivity index (χ0v) is 14.1. The van der Waals surface area contributed by atoms with Crippen LogP contribution in [0, 0.1) is 0 Å². The maximum atomic E-state index is 11.3. The molecule has 4 rings (SSSR count). The highest BCUT2D eigenvalue weighted by molar-refractivity contribution is 5.91. The number of anilines is 1. The molecule has 130 valence electrons. The summed E-state index contributed by atoms with van der Waals surface area (Å²) in [6.07, 6.45) is 3.89. The Morgan fingerprint density at radius 3 is 2.77 bits per heavy atom. The Labute approximate surface area is 150 Å². The summed E-state index contributed by atoms with van der Waals surface area (Å²) in [5.41, 5.74) is 3.81. The fourth-order valence-corrected chi connectivity index (χ4v) is 3.00. The number of benzene rings is 2. The van der Waals surface area contributed by atoms with E-state index in [2.05, 4.69) is 10.2 Å². The van der Waals surface area contributed by atoms with Crippen LogP contribution in [0.3, 0.4) is 0 Å². The first-order valence-electron chi connectivity index (χ1n) is 8.22. The molecule has 0 spiro atoms. The fraction of sp³-hybridized carbons (Fsp3) is 0.100. The maximum Gasteiger partial charge on any atom is 0.337 e. The van der Waals surface area contributed by atoms with Gasteiger partial charge in [0.1, 0.15) is 11.3 Å². The molecule has 2 heterocycles. The lowest BCUT2D eigenvalue weighted by Crippen LogP contribution is -2.20. The van der Waals surface area contributed by atoms with Crippen LogP contribution < -0.4 is 5.06 Å². The molecule has 3 aromatic rings. The van der Waals surface area contributed by atoms with Gasteiger partial charge in [-0.3, -0.25) is 5.10 Å². The molecule has 0 radical (unpaired) electrons. The van der Waals surface area contributed by atoms with Crippen molar-refractivity contribution in [3.8, 4) is 0 Å². The number of rotatable bonds is 4. The number of aromatic nitrogens is 2. The van der Waals surface area contributed by atoms with Crippen molar-refractivity contribution in [2.75, 3.05) is 11.6 Å². The van der Waals surface area contributed by atoms with Gasteiger partial charge in [0.15, 0.2) is 0 Å². The molecule has 2 aromatic carbocycles. The number of allylic oxidation sites excluding steroid dienone is 1. The summed E-state index contributed by atoms with van der Waals surface area (Å²) in [6, 6.07) is 15.6. The number of hydrogen-bond acceptors (Lipinski definition) is 4. The van der Waals surface area contributed by atoms with Gasteiger partial charge in [0.2, 0.25) is 0 Å². The van der Waals surface area contributed by atoms with E-state index in [0.717, 1.165) is 27.8 Å². The summed E-state index contributed by atoms with van der Waals surface area (Å²) in [4.78, 5) is 16.9. The average molecular weight is 347 g/mol. The fourth-order valence-electron chi connectivity index (χ4n) is 3.00. The van der Waals surface area contributed by atoms with Crippen LogP contribution in [-0.2, 0) is 9.63 Å². The van der Waals surface area contributed by atoms with Gasteiger partial charge in [0, 0.05) is 10.9 Å². The molecule has 0 saturated heterocycles. The lowest BCUT2D eigenvalue weighted by molar-refractivity contribution is -0.132. The highest BCUT2D eigenvalue weighted by atomic mass is 16.7. The van der Waals surface area contributed by atoms with E-state index in [-0.39, 0.29) is 12.1 Å². The Morgan fingerprint density at radius 2 is 1.96 bits per heavy atom. The van der Waals surface area contributed by atoms with Crippen LogP contribution >= 0.6 is 0 Å². The highest BCUT2D eigenvalue weighted by Gasteiger charge is 2.27. The van der Waals surface area contributed by atoms with Gasteiger partial charge in [-0.1, -0.05) is 42.5 Å². The van der Waals surface area contributed by atoms with Crippen LogP contribution in [0.1, 0.15) is 18.2 Å². The second-order valence-corrected chi connectivity index (χ2v) is 6.01. The number of carbonyl (C=O) groups is 1. The molecule has 1 aliphatic heterocycles. The summed E-state index contributed by atoms with van der Waals surface area (Å²) in [5, 5.41) is 19.3. The summed E-state index contributed by atoms with van der Waals surface area (Å²) >= 11 is 0. The van der Waals surface area contributed by atoms with E-state index in [4.69, 9.17) is 4.84 Å². The lowest BCUT2D eigenvalue weighted by Gasteiger charge is -2.19. The van der Waals surface area contributed by atoms with Gasteiger partial charge in [-0.15, -0.1) is 0 Å². The minimum Gasteiger partial charge on any atom is -0.478 e. The van der Waals surface area contributed by atoms with Crippen LogP contribution in [0.2, 0.25) is 0 Å². The van der Waals surface area contributed by atoms with Crippen LogP contribution in [0.4, 0.5) is 5.69 Å². The Balaban J connectivity index is 1.64. The molecular formula is C20H17N3O3. The normalized spacial score (nSPS) is 14.4. The number of hydrogen-bond donors (Lipinski definition) is 2. The molecule has 6 heteroatoms. The third-order valence-corrected chi connectivity index (χ3v) is 4.36. The van der Waals surface area contributed by atoms with E-state index in [9.17, 15) is 9.90 Å². The molecule has 0 bridgehead atoms. The van der Waals surface area contributed by atoms with Gasteiger partial charge < -0.3 is 9.94 Å². The van der Waals surface area contributed by atoms with Gasteiger partial charge in [0.25, 0.3) is 0 Å². The number of carboxylic acids is 1. The van der Waals surface area contributed by atoms with E-state index in [1.165, 1.54) is 0 Å². The average Bonchev–Trinajstić information content (AvgIpc) is 3.24. The summed E-state index contributed by atoms with van der Waals surface area (Å²) < 4.78 is 0. The SMILES string of the molecule is CC1=C(C(=O)O)CN(c2ccccc2C=Cc2n[nH]c3ccccc23)O1. The molecule has 26 heavy (non-hydrogen) atoms. The number of aromatic amines is 1. The second-order valence-electron chi connectivity index (χ2n) is 6.01. The van der Waals surface area contributed by atoms with Gasteiger partial charge in [0.05, 0.1) is 23.4 Å². The molecule has 6 nitrogen and oxygen atoms in total. The number of aliphatic carboxylic acids is 1. The minimum absolute atomic E-state index is 0.206. The molecular weight excluding hydrogens is 330 g/mol. The van der Waals surface area contributed by atoms with Crippen LogP contribution in [0.5, 0.6) is 0 Å². The number of fused-ring (bicyclic) bond motifs is 1. The van der Waals surface area contributed by atoms with E-state index in [0.29, 0.717) is 5.76 Å². The smallest absolute Gasteiger partial charge is 0.337 e. The number of carboxylic acid groups (broad SMARTS) is 1. The predicted molar refractivity (Wildman–Crippen MR) is 100 cm³/mol. The highest BCUT2D eigenvalue weighted by Crippen LogP contribution is 2.30. The summed E-state index contributed by atoms with van der Waals surface area (Å²) in [7, 11) is 0. The lowest BCUT2D eigenvalue weighted by atomic mass is 10.1. The van der Waals surface area contributed by atoms with Crippen molar-refractivity contribution in [2.24, 2.45) is 0 Å². The predicted octanol–water partition coefficient (Wildman–Crippen LogP) is 3.84. The van der Waals surface area contributed by atoms with Crippen molar-refractivity contribution >= 4 is 34.7 Å². The number of nitrogens with zero attached hydrogens (tertiary/aromatic N) is 2. The quantitative estimate of drug-likeness (QED) is 0.750. The molecule has 0 amide bonds. The largest absolute Gasteiger partial charge is 0.478 e. The Hall–Kier alpha value is -3.54. The number of hydroxylamine groups is 1. The topological polar surface area (TPSA) is 78.5 Å². The molecule has 0 atom stereocenters. The van der Waals surface area contributed by atoms with Crippen LogP contribution in [-0.4, -0.2) is 27.8 Å². The Morgan fingerprint density at radius 1 is 1.19 bits per heavy atom. The number of para-hydroxylation sites is 2. The summed E-state index contributed by atoms with van der Waals surface area (Å²) in [5.74, 6) is -0.546. The molecule has 0 aliphatic carbocycles. The van der Waals surface area contributed by atoms with Crippen molar-refractivity contribution in [2.45, 2.75) is 6.92 Å². The molecule has 2 N–H and O–H groups in total. The summed E-state index contributed by atoms with van der Waals surface area (Å²) in [6.45, 7) is 1.87. The maximum absolute atomic E-state index is 11.3. The van der Waals surface area contributed by atoms with Crippen molar-refractivity contribution in [3.63, 3.8) is 0 Å². The van der Waals surface area contributed by atoms with E-state index in [1.54, 1.807) is 12.0 Å². The second kappa shape index (κ2) is 6.40. The van der Waals surface area contributed by atoms with Crippen molar-refractivity contribution in [1.82, 2.24) is 10.2 Å². The molecule has 0 saturated carbocycles. The van der Waals surface area contributed by atoms with Crippen LogP contribution in [0.15, 0.2) is 59.9 Å². The van der Waals surface area contributed by atoms with Crippen molar-refractivity contribution in [1.29, 1.82) is 0 Å². The van der Waals surface area contributed by atoms with Crippen molar-refractivity contribution < 1.29 is 14.7 Å². The number of nitrogens with one attached hydrogen (secondary N) is 1. The first-order chi connectivity index (χ1) is 12.6. The third kappa shape index (κ3) is 2.82. The van der Waals surface area contributed by atoms with E-state index in [1.807, 2.05) is 60.7 Å². The minimum atomic E-state index is -0.957. The monoisotopic (exact) mass is 347 g/mol. The molecule has 0 unspecified atom stereocenters. The standard InChI is InChI=1S/C20H17N3O3/c1-13-16(20(24)25)12-23(26-13)19-9-5-2-6-14(19)10-11-18-15-7-3-4-8-17(15)21-22-18/h2-11H,12H2,1H3,(H,21,22)(H,24,25). The van der Waals surface area contributed by atoms with Crippen LogP contribution in [0.25, 0.3) is 23.1 Å². The Kier molecular flexibility index (Phi) is 3.93. The van der Waals surface area contributed by atoms with Gasteiger partial charge in [-0.05, 0) is 25.1 Å². The first kappa shape index (κ1) is 16.0. The number of H-pyrrole nitrogens is 1. The first-order valence-corrected chi connectivity index (χ1v) is 8.22. The van der Waals surface area contributed by atoms with Gasteiger partial charge >= 0.3 is 5.97 Å². The third-order valence-electron chi connectivity index (χ3n) is 4.36.